The van der Waals surface area contributed by atoms with Crippen molar-refractivity contribution in [2.75, 3.05) is 30.1 Å². The average Bonchev–Trinajstić information content (AvgIpc) is 1.17. The van der Waals surface area contributed by atoms with E-state index in [-0.39, 0.29) is 47.8 Å². The molecule has 3 aromatic carbocycles. The molecule has 0 spiro atoms. The summed E-state index contributed by atoms with van der Waals surface area (Å²) in [5.74, 6) is -20.0. The monoisotopic (exact) mass is 1390 g/mol. The Morgan fingerprint density at radius 1 is 0.536 bits per heavy atom. The van der Waals surface area contributed by atoms with Gasteiger partial charge in [0.05, 0.1) is 18.7 Å². The molecule has 1 aliphatic rings. The molecule has 0 saturated carbocycles. The lowest BCUT2D eigenvalue weighted by atomic mass is 9.99. The highest BCUT2D eigenvalue weighted by atomic mass is 32.2. The van der Waals surface area contributed by atoms with E-state index in [1.54, 1.807) is 20.1 Å². The van der Waals surface area contributed by atoms with E-state index in [4.69, 9.17) is 16.2 Å². The van der Waals surface area contributed by atoms with Crippen LogP contribution in [0.4, 0.5) is 0 Å². The summed E-state index contributed by atoms with van der Waals surface area (Å²) in [6.07, 6.45) is -4.23. The van der Waals surface area contributed by atoms with Gasteiger partial charge in [-0.2, -0.15) is 11.8 Å². The Morgan fingerprint density at radius 2 is 0.959 bits per heavy atom. The van der Waals surface area contributed by atoms with Crippen LogP contribution in [0, 0.1) is 11.8 Å². The number of aliphatic carboxylic acids is 3. The number of hydrogen-bond acceptors (Lipinski definition) is 20. The fourth-order valence-electron chi connectivity index (χ4n) is 9.45. The van der Waals surface area contributed by atoms with Crippen LogP contribution in [0.3, 0.4) is 0 Å². The normalized spacial score (nSPS) is 22.2. The van der Waals surface area contributed by atoms with Crippen molar-refractivity contribution in [1.82, 2.24) is 53.2 Å². The number of benzene rings is 3. The minimum Gasteiger partial charge on any atom is -0.508 e. The van der Waals surface area contributed by atoms with Crippen LogP contribution in [0.15, 0.2) is 72.8 Å². The first-order valence-electron chi connectivity index (χ1n) is 30.4. The molecule has 12 amide bonds. The average molecular weight is 1400 g/mol. The number of primary amides is 2. The first kappa shape index (κ1) is 79.2. The molecule has 528 valence electrons. The third-order valence-corrected chi connectivity index (χ3v) is 16.2. The molecule has 1 saturated heterocycles. The van der Waals surface area contributed by atoms with E-state index in [0.29, 0.717) is 11.1 Å². The van der Waals surface area contributed by atoms with Gasteiger partial charge in [-0.25, -0.2) is 9.59 Å². The molecule has 97 heavy (non-hydrogen) atoms. The van der Waals surface area contributed by atoms with Gasteiger partial charge >= 0.3 is 17.9 Å². The molecule has 0 aromatic heterocycles. The first-order chi connectivity index (χ1) is 45.7. The zero-order valence-corrected chi connectivity index (χ0v) is 55.2. The van der Waals surface area contributed by atoms with Crippen LogP contribution in [0.5, 0.6) is 17.2 Å². The van der Waals surface area contributed by atoms with Crippen molar-refractivity contribution in [2.45, 2.75) is 140 Å². The van der Waals surface area contributed by atoms with Gasteiger partial charge in [-0.15, -0.1) is 11.8 Å². The van der Waals surface area contributed by atoms with Crippen molar-refractivity contribution in [3.63, 3.8) is 0 Å². The number of ether oxygens (including phenoxy) is 1. The highest BCUT2D eigenvalue weighted by Gasteiger charge is 2.37. The quantitative estimate of drug-likeness (QED) is 0.0444. The summed E-state index contributed by atoms with van der Waals surface area (Å²) >= 11 is 2.04. The third-order valence-electron chi connectivity index (χ3n) is 14.5. The molecule has 9 atom stereocenters. The van der Waals surface area contributed by atoms with Crippen LogP contribution >= 0.6 is 23.5 Å². The number of nitrogens with two attached hydrogens (primary N) is 2. The Bertz CT molecular complexity index is 3310. The van der Waals surface area contributed by atoms with Crippen LogP contribution in [-0.4, -0.2) is 205 Å². The van der Waals surface area contributed by atoms with E-state index in [1.165, 1.54) is 98.4 Å². The second-order valence-corrected chi connectivity index (χ2v) is 25.3. The van der Waals surface area contributed by atoms with Crippen molar-refractivity contribution in [3.05, 3.63) is 89.5 Å². The standard InChI is InChI=1S/C62H82N12O21S2/c1-30(2)22-40-55(85)71-42(24-32-6-12-35(75)13-7-32)57(87)68-38(18-19-49(80)81)53(83)72-44(26-46(63)77)59(89)74-50(31(3)4)60(90)65-27-47(78)66-39(20-21-96-5)54(84)70-43(25-33-8-14-36(76)15-9-33)58(88)73-45(52(64)82)28-97-29-48(79)67-41(56(86)69-40)23-34-10-16-37(17-11-34)95-51(61(91)92)62(93)94/h6-17,30-31,38-45,50-51,75-76H,18-29H2,1-5H3,(H2,63,77)(H2,64,82)(H,65,90)(H,66,78)(H,67,79)(H,68,87)(H,69,86)(H,70,84)(H,71,85)(H,72,83)(H,73,88)(H,74,89)(H,80,81)(H,91,92)(H,93,94)/t38-,39-,40-,41-,42-,43-,44-,45-,50-/m1/s1. The summed E-state index contributed by atoms with van der Waals surface area (Å²) in [4.78, 5) is 203. The summed E-state index contributed by atoms with van der Waals surface area (Å²) in [5.41, 5.74) is 12.2. The van der Waals surface area contributed by atoms with Crippen LogP contribution in [0.2, 0.25) is 0 Å². The van der Waals surface area contributed by atoms with Crippen LogP contribution in [0.1, 0.15) is 76.5 Å². The van der Waals surface area contributed by atoms with Gasteiger partial charge in [0.25, 0.3) is 6.10 Å². The molecule has 33 nitrogen and oxygen atoms in total. The molecule has 0 radical (unpaired) electrons. The highest BCUT2D eigenvalue weighted by molar-refractivity contribution is 8.00. The maximum Gasteiger partial charge on any atom is 0.356 e. The predicted octanol–water partition coefficient (Wildman–Crippen LogP) is -3.05. The maximum absolute atomic E-state index is 14.7. The minimum absolute atomic E-state index is 0.0391. The lowest BCUT2D eigenvalue weighted by molar-refractivity contribution is -0.159. The lowest BCUT2D eigenvalue weighted by Crippen LogP contribution is -2.61. The predicted molar refractivity (Wildman–Crippen MR) is 348 cm³/mol. The molecule has 1 fully saturated rings. The molecule has 0 unspecified atom stereocenters. The molecule has 3 aromatic rings. The molecule has 1 aliphatic heterocycles. The molecular formula is C62H82N12O21S2. The molecule has 0 bridgehead atoms. The Morgan fingerprint density at radius 3 is 1.42 bits per heavy atom. The zero-order chi connectivity index (χ0) is 72.2. The molecule has 1 heterocycles. The van der Waals surface area contributed by atoms with Gasteiger partial charge in [-0.05, 0) is 96.2 Å². The molecule has 35 heteroatoms. The number of amides is 12. The van der Waals surface area contributed by atoms with Crippen LogP contribution in [0.25, 0.3) is 0 Å². The van der Waals surface area contributed by atoms with Gasteiger partial charge in [0.2, 0.25) is 70.9 Å². The number of carboxylic acid groups (broad SMARTS) is 3. The van der Waals surface area contributed by atoms with Gasteiger partial charge in [0, 0.05) is 31.4 Å². The van der Waals surface area contributed by atoms with E-state index in [1.807, 2.05) is 0 Å². The van der Waals surface area contributed by atoms with Crippen LogP contribution < -0.4 is 69.4 Å². The van der Waals surface area contributed by atoms with Gasteiger partial charge in [0.15, 0.2) is 0 Å². The number of carbonyl (C=O) groups excluding carboxylic acids is 12. The minimum atomic E-state index is -2.31. The maximum atomic E-state index is 14.7. The molecular weight excluding hydrogens is 1310 g/mol. The van der Waals surface area contributed by atoms with E-state index in [0.717, 1.165) is 11.8 Å². The molecule has 19 N–H and O–H groups in total. The number of carbonyl (C=O) groups is 15. The SMILES string of the molecule is CSCC[C@H]1NC(=O)CNC(=O)[C@@H](C(C)C)NC(=O)[C@@H](CC(N)=O)NC(=O)[C@@H](CCC(=O)O)NC(=O)[C@@H](Cc2ccc(O)cc2)NC(=O)[C@@H](CC(C)C)NC(=O)[C@@H](Cc2ccc(OC(C(=O)O)C(=O)O)cc2)NC(=O)CSC[C@H](C(N)=O)NC(=O)[C@@H](Cc2ccc(O)cc2)NC1=O. The highest BCUT2D eigenvalue weighted by Crippen LogP contribution is 2.19. The topological polar surface area (TPSA) is 539 Å². The second-order valence-electron chi connectivity index (χ2n) is 23.3. The van der Waals surface area contributed by atoms with Crippen molar-refractivity contribution in [2.24, 2.45) is 23.3 Å². The smallest absolute Gasteiger partial charge is 0.356 e. The first-order valence-corrected chi connectivity index (χ1v) is 32.9. The lowest BCUT2D eigenvalue weighted by Gasteiger charge is -2.28. The summed E-state index contributed by atoms with van der Waals surface area (Å²) in [6, 6.07) is 1.24. The van der Waals surface area contributed by atoms with Gasteiger partial charge in [0.1, 0.15) is 71.6 Å². The Hall–Kier alpha value is -10.2. The number of phenolic OH excluding ortho intramolecular Hbond substituents is 2. The number of nitrogens with one attached hydrogen (secondary N) is 10. The Balaban J connectivity index is 1.86. The van der Waals surface area contributed by atoms with Gasteiger partial charge in [-0.3, -0.25) is 62.3 Å². The van der Waals surface area contributed by atoms with E-state index >= 15 is 0 Å². The van der Waals surface area contributed by atoms with Gasteiger partial charge in [-0.1, -0.05) is 64.1 Å². The fraction of sp³-hybridized carbons (Fsp3) is 0.468. The van der Waals surface area contributed by atoms with E-state index in [2.05, 4.69) is 53.2 Å². The van der Waals surface area contributed by atoms with Crippen molar-refractivity contribution in [3.8, 4) is 17.2 Å². The summed E-state index contributed by atoms with van der Waals surface area (Å²) in [6.45, 7) is 5.54. The summed E-state index contributed by atoms with van der Waals surface area (Å²) in [7, 11) is 0. The zero-order valence-electron chi connectivity index (χ0n) is 53.6. The number of phenols is 2. The summed E-state index contributed by atoms with van der Waals surface area (Å²) in [5, 5.41) is 73.4. The number of carboxylic acids is 3. The van der Waals surface area contributed by atoms with Crippen molar-refractivity contribution in [1.29, 1.82) is 0 Å². The van der Waals surface area contributed by atoms with E-state index in [9.17, 15) is 97.5 Å². The summed E-state index contributed by atoms with van der Waals surface area (Å²) < 4.78 is 5.11. The Kier molecular flexibility index (Phi) is 31.9. The van der Waals surface area contributed by atoms with Crippen molar-refractivity contribution >= 4 is 112 Å². The largest absolute Gasteiger partial charge is 0.508 e. The van der Waals surface area contributed by atoms with Gasteiger partial charge < -0.3 is 94.9 Å². The number of thioether (sulfide) groups is 2. The van der Waals surface area contributed by atoms with E-state index < -0.39 is 211 Å². The fourth-order valence-corrected chi connectivity index (χ4v) is 10.8. The van der Waals surface area contributed by atoms with Crippen LogP contribution in [-0.2, 0) is 91.2 Å². The number of hydrogen-bond donors (Lipinski definition) is 17. The molecule has 0 aliphatic carbocycles. The number of rotatable bonds is 22. The number of aromatic hydroxyl groups is 2. The van der Waals surface area contributed by atoms with Crippen molar-refractivity contribution < 1.29 is 102 Å². The second kappa shape index (κ2) is 39.0. The third kappa shape index (κ3) is 27.6. The Labute approximate surface area is 565 Å². The molecule has 4 rings (SSSR count).